The first-order chi connectivity index (χ1) is 20.0. The van der Waals surface area contributed by atoms with Crippen LogP contribution in [-0.2, 0) is 43.2 Å². The van der Waals surface area contributed by atoms with E-state index in [-0.39, 0.29) is 18.3 Å². The van der Waals surface area contributed by atoms with E-state index in [1.807, 2.05) is 91.0 Å². The Morgan fingerprint density at radius 1 is 0.762 bits per heavy atom. The summed E-state index contributed by atoms with van der Waals surface area (Å²) in [6.07, 6.45) is -1.44. The first kappa shape index (κ1) is 32.3. The number of hydrogen-bond donors (Lipinski definition) is 1. The van der Waals surface area contributed by atoms with Crippen molar-refractivity contribution in [3.63, 3.8) is 0 Å². The van der Waals surface area contributed by atoms with Gasteiger partial charge in [-0.3, -0.25) is 0 Å². The molecule has 6 nitrogen and oxygen atoms in total. The minimum atomic E-state index is -2.15. The van der Waals surface area contributed by atoms with Gasteiger partial charge >= 0.3 is 0 Å². The third-order valence-electron chi connectivity index (χ3n) is 8.29. The lowest BCUT2D eigenvalue weighted by Gasteiger charge is -2.50. The predicted molar refractivity (Wildman–Crippen MR) is 168 cm³/mol. The Labute approximate surface area is 252 Å². The standard InChI is InChI=1S/C35H46O6Si/c1-7-35(36)33(39-25-29-21-15-10-16-22-29)32(38-24-28-19-13-9-14-20-28)31(37-23-27-17-11-8-12-18-27)30(41-35)26-40-42(5,6)34(2,3)4/h7-22,30-33,36H,1,23-26H2,2-6H3/t30-,31-,32-,33+,35+/m1/s1. The van der Waals surface area contributed by atoms with Crippen molar-refractivity contribution in [2.45, 2.75) is 88.9 Å². The molecule has 0 bridgehead atoms. The Morgan fingerprint density at radius 3 is 1.62 bits per heavy atom. The lowest BCUT2D eigenvalue weighted by molar-refractivity contribution is -0.349. The predicted octanol–water partition coefficient (Wildman–Crippen LogP) is 7.04. The fourth-order valence-electron chi connectivity index (χ4n) is 4.69. The second-order valence-corrected chi connectivity index (χ2v) is 17.2. The van der Waals surface area contributed by atoms with Crippen LogP contribution in [0, 0.1) is 0 Å². The molecule has 3 aromatic rings. The maximum absolute atomic E-state index is 11.9. The molecule has 1 N–H and O–H groups in total. The molecule has 5 atom stereocenters. The summed E-state index contributed by atoms with van der Waals surface area (Å²) >= 11 is 0. The lowest BCUT2D eigenvalue weighted by Crippen LogP contribution is -2.67. The minimum absolute atomic E-state index is 0.00133. The maximum atomic E-state index is 11.9. The van der Waals surface area contributed by atoms with Gasteiger partial charge in [0.2, 0.25) is 5.79 Å². The third kappa shape index (κ3) is 8.26. The van der Waals surface area contributed by atoms with Crippen LogP contribution in [0.25, 0.3) is 0 Å². The Hall–Kier alpha value is -2.62. The Morgan fingerprint density at radius 2 is 1.19 bits per heavy atom. The molecule has 226 valence electrons. The summed E-state index contributed by atoms with van der Waals surface area (Å²) in [5, 5.41) is 11.9. The Balaban J connectivity index is 1.68. The average molecular weight is 591 g/mol. The van der Waals surface area contributed by atoms with Crippen LogP contribution in [0.5, 0.6) is 0 Å². The molecular formula is C35H46O6Si. The molecular weight excluding hydrogens is 544 g/mol. The van der Waals surface area contributed by atoms with E-state index >= 15 is 0 Å². The zero-order chi connectivity index (χ0) is 30.2. The van der Waals surface area contributed by atoms with Crippen LogP contribution in [-0.4, -0.2) is 50.2 Å². The van der Waals surface area contributed by atoms with Crippen molar-refractivity contribution in [2.24, 2.45) is 0 Å². The van der Waals surface area contributed by atoms with Gasteiger partial charge in [-0.25, -0.2) is 0 Å². The number of aliphatic hydroxyl groups is 1. The molecule has 0 spiro atoms. The van der Waals surface area contributed by atoms with Crippen molar-refractivity contribution in [1.29, 1.82) is 0 Å². The van der Waals surface area contributed by atoms with Gasteiger partial charge in [0.05, 0.1) is 26.4 Å². The van der Waals surface area contributed by atoms with Crippen LogP contribution < -0.4 is 0 Å². The van der Waals surface area contributed by atoms with Crippen molar-refractivity contribution in [1.82, 2.24) is 0 Å². The fourth-order valence-corrected chi connectivity index (χ4v) is 5.70. The van der Waals surface area contributed by atoms with E-state index in [4.69, 9.17) is 23.4 Å². The lowest BCUT2D eigenvalue weighted by atomic mass is 9.91. The van der Waals surface area contributed by atoms with Gasteiger partial charge in [-0.15, -0.1) is 0 Å². The maximum Gasteiger partial charge on any atom is 0.215 e. The van der Waals surface area contributed by atoms with Crippen molar-refractivity contribution in [3.05, 3.63) is 120 Å². The SMILES string of the molecule is C=C[C@]1(O)O[C@H](CO[Si](C)(C)C(C)(C)C)[C@@H](OCc2ccccc2)[C@@H](OCc2ccccc2)[C@@H]1OCc1ccccc1. The van der Waals surface area contributed by atoms with Gasteiger partial charge in [-0.05, 0) is 40.9 Å². The van der Waals surface area contributed by atoms with Gasteiger partial charge in [0.25, 0.3) is 0 Å². The van der Waals surface area contributed by atoms with E-state index in [1.165, 1.54) is 6.08 Å². The van der Waals surface area contributed by atoms with Gasteiger partial charge in [-0.1, -0.05) is 118 Å². The number of rotatable bonds is 13. The molecule has 0 aliphatic carbocycles. The topological polar surface area (TPSA) is 66.4 Å². The number of ether oxygens (including phenoxy) is 4. The molecule has 1 aliphatic heterocycles. The van der Waals surface area contributed by atoms with Crippen LogP contribution in [0.1, 0.15) is 37.5 Å². The third-order valence-corrected chi connectivity index (χ3v) is 12.8. The highest BCUT2D eigenvalue weighted by Gasteiger charge is 2.55. The Kier molecular flexibility index (Phi) is 10.9. The molecule has 7 heteroatoms. The van der Waals surface area contributed by atoms with E-state index in [0.717, 1.165) is 16.7 Å². The first-order valence-corrected chi connectivity index (χ1v) is 17.6. The second-order valence-electron chi connectivity index (χ2n) is 12.4. The average Bonchev–Trinajstić information content (AvgIpc) is 2.99. The van der Waals surface area contributed by atoms with E-state index in [9.17, 15) is 5.11 Å². The summed E-state index contributed by atoms with van der Waals surface area (Å²) in [5.41, 5.74) is 2.99. The van der Waals surface area contributed by atoms with Gasteiger partial charge in [0, 0.05) is 0 Å². The second kappa shape index (κ2) is 14.2. The van der Waals surface area contributed by atoms with Crippen LogP contribution >= 0.6 is 0 Å². The fraction of sp³-hybridized carbons (Fsp3) is 0.429. The molecule has 0 amide bonds. The van der Waals surface area contributed by atoms with E-state index in [2.05, 4.69) is 40.4 Å². The summed E-state index contributed by atoms with van der Waals surface area (Å²) < 4.78 is 32.7. The van der Waals surface area contributed by atoms with Crippen molar-refractivity contribution in [3.8, 4) is 0 Å². The summed E-state index contributed by atoms with van der Waals surface area (Å²) in [6.45, 7) is 16.1. The smallest absolute Gasteiger partial charge is 0.215 e. The largest absolute Gasteiger partial charge is 0.414 e. The zero-order valence-electron chi connectivity index (χ0n) is 25.6. The molecule has 0 aromatic heterocycles. The molecule has 0 saturated carbocycles. The normalized spacial score (nSPS) is 24.8. The molecule has 0 unspecified atom stereocenters. The van der Waals surface area contributed by atoms with Gasteiger partial charge in [-0.2, -0.15) is 0 Å². The highest BCUT2D eigenvalue weighted by atomic mass is 28.4. The number of benzene rings is 3. The van der Waals surface area contributed by atoms with Crippen molar-refractivity contribution in [2.75, 3.05) is 6.61 Å². The highest BCUT2D eigenvalue weighted by molar-refractivity contribution is 6.74. The van der Waals surface area contributed by atoms with Gasteiger partial charge in [0.15, 0.2) is 8.32 Å². The molecule has 1 heterocycles. The summed E-state index contributed by atoms with van der Waals surface area (Å²) in [7, 11) is -2.15. The highest BCUT2D eigenvalue weighted by Crippen LogP contribution is 2.39. The monoisotopic (exact) mass is 590 g/mol. The summed E-state index contributed by atoms with van der Waals surface area (Å²) in [6, 6.07) is 29.8. The molecule has 0 radical (unpaired) electrons. The molecule has 1 aliphatic rings. The van der Waals surface area contributed by atoms with E-state index in [1.54, 1.807) is 0 Å². The molecule has 1 saturated heterocycles. The van der Waals surface area contributed by atoms with Crippen LogP contribution in [0.15, 0.2) is 104 Å². The summed E-state index contributed by atoms with van der Waals surface area (Å²) in [5.74, 6) is -1.83. The van der Waals surface area contributed by atoms with E-state index < -0.39 is 38.5 Å². The van der Waals surface area contributed by atoms with Crippen LogP contribution in [0.4, 0.5) is 0 Å². The van der Waals surface area contributed by atoms with Gasteiger partial charge in [0.1, 0.15) is 24.4 Å². The molecule has 3 aromatic carbocycles. The van der Waals surface area contributed by atoms with Crippen molar-refractivity contribution >= 4 is 8.32 Å². The van der Waals surface area contributed by atoms with E-state index in [0.29, 0.717) is 13.2 Å². The number of hydrogen-bond acceptors (Lipinski definition) is 6. The minimum Gasteiger partial charge on any atom is -0.414 e. The first-order valence-electron chi connectivity index (χ1n) is 14.7. The van der Waals surface area contributed by atoms with Gasteiger partial charge < -0.3 is 28.5 Å². The van der Waals surface area contributed by atoms with Crippen LogP contribution in [0.2, 0.25) is 18.1 Å². The Bertz CT molecular complexity index is 1230. The zero-order valence-corrected chi connectivity index (χ0v) is 26.6. The summed E-state index contributed by atoms with van der Waals surface area (Å²) in [4.78, 5) is 0. The quantitative estimate of drug-likeness (QED) is 0.170. The van der Waals surface area contributed by atoms with Crippen molar-refractivity contribution < 1.29 is 28.5 Å². The molecule has 4 rings (SSSR count). The van der Waals surface area contributed by atoms with Crippen LogP contribution in [0.3, 0.4) is 0 Å². The molecule has 42 heavy (non-hydrogen) atoms. The molecule has 1 fully saturated rings.